The van der Waals surface area contributed by atoms with Crippen molar-refractivity contribution in [2.75, 3.05) is 0 Å². The highest BCUT2D eigenvalue weighted by Gasteiger charge is 2.05. The van der Waals surface area contributed by atoms with Crippen LogP contribution in [0.4, 0.5) is 0 Å². The second kappa shape index (κ2) is 4.98. The molecule has 0 fully saturated rings. The van der Waals surface area contributed by atoms with Crippen LogP contribution in [0.2, 0.25) is 0 Å². The van der Waals surface area contributed by atoms with Crippen LogP contribution in [-0.4, -0.2) is 9.97 Å². The highest BCUT2D eigenvalue weighted by Crippen LogP contribution is 2.22. The van der Waals surface area contributed by atoms with E-state index in [9.17, 15) is 0 Å². The van der Waals surface area contributed by atoms with E-state index in [0.29, 0.717) is 5.88 Å². The third kappa shape index (κ3) is 2.45. The Bertz CT molecular complexity index is 738. The molecule has 0 spiro atoms. The van der Waals surface area contributed by atoms with Crippen molar-refractivity contribution < 1.29 is 0 Å². The number of alkyl halides is 1. The minimum absolute atomic E-state index is 0.407. The van der Waals surface area contributed by atoms with E-state index in [4.69, 9.17) is 11.6 Å². The number of nitrogens with zero attached hydrogens (tertiary/aromatic N) is 2. The third-order valence-corrected chi connectivity index (χ3v) is 3.33. The van der Waals surface area contributed by atoms with Gasteiger partial charge in [-0.1, -0.05) is 36.4 Å². The number of benzene rings is 2. The largest absolute Gasteiger partial charge is 0.233 e. The summed E-state index contributed by atoms with van der Waals surface area (Å²) in [6.45, 7) is 1.96. The number of hydrogen-bond donors (Lipinski definition) is 0. The zero-order valence-corrected chi connectivity index (χ0v) is 11.4. The minimum Gasteiger partial charge on any atom is -0.233 e. The summed E-state index contributed by atoms with van der Waals surface area (Å²) < 4.78 is 0. The van der Waals surface area contributed by atoms with Crippen LogP contribution in [0, 0.1) is 6.92 Å². The van der Waals surface area contributed by atoms with Crippen LogP contribution in [-0.2, 0) is 5.88 Å². The second-order valence-electron chi connectivity index (χ2n) is 4.52. The maximum atomic E-state index is 5.86. The maximum Gasteiger partial charge on any atom is 0.159 e. The fourth-order valence-electron chi connectivity index (χ4n) is 2.16. The third-order valence-electron chi connectivity index (χ3n) is 3.05. The van der Waals surface area contributed by atoms with E-state index in [1.165, 1.54) is 10.8 Å². The van der Waals surface area contributed by atoms with Gasteiger partial charge in [-0.05, 0) is 29.8 Å². The van der Waals surface area contributed by atoms with Gasteiger partial charge in [0.2, 0.25) is 0 Å². The van der Waals surface area contributed by atoms with Gasteiger partial charge in [0.05, 0.1) is 11.6 Å². The lowest BCUT2D eigenvalue weighted by molar-refractivity contribution is 1.05. The number of halogens is 1. The number of hydrogen-bond acceptors (Lipinski definition) is 2. The summed E-state index contributed by atoms with van der Waals surface area (Å²) in [4.78, 5) is 8.98. The number of aryl methyl sites for hydroxylation is 1. The van der Waals surface area contributed by atoms with Crippen molar-refractivity contribution in [3.05, 3.63) is 59.9 Å². The molecule has 3 aromatic rings. The van der Waals surface area contributed by atoms with Gasteiger partial charge in [0.1, 0.15) is 0 Å². The van der Waals surface area contributed by atoms with Crippen molar-refractivity contribution in [2.24, 2.45) is 0 Å². The number of aromatic nitrogens is 2. The summed E-state index contributed by atoms with van der Waals surface area (Å²) in [5.74, 6) is 1.14. The fraction of sp³-hybridized carbons (Fsp3) is 0.125. The van der Waals surface area contributed by atoms with Crippen LogP contribution in [0.5, 0.6) is 0 Å². The van der Waals surface area contributed by atoms with Crippen LogP contribution in [0.1, 0.15) is 11.4 Å². The van der Waals surface area contributed by atoms with Crippen molar-refractivity contribution >= 4 is 22.4 Å². The molecule has 19 heavy (non-hydrogen) atoms. The van der Waals surface area contributed by atoms with Gasteiger partial charge in [-0.25, -0.2) is 9.97 Å². The second-order valence-corrected chi connectivity index (χ2v) is 4.79. The Morgan fingerprint density at radius 2 is 1.74 bits per heavy atom. The van der Waals surface area contributed by atoms with Crippen molar-refractivity contribution in [2.45, 2.75) is 12.8 Å². The smallest absolute Gasteiger partial charge is 0.159 e. The summed E-state index contributed by atoms with van der Waals surface area (Å²) >= 11 is 5.86. The first kappa shape index (κ1) is 12.1. The molecule has 0 N–H and O–H groups in total. The fourth-order valence-corrected chi connectivity index (χ4v) is 2.30. The highest BCUT2D eigenvalue weighted by molar-refractivity contribution is 6.16. The molecule has 0 aliphatic rings. The summed E-state index contributed by atoms with van der Waals surface area (Å²) in [6, 6.07) is 16.4. The van der Waals surface area contributed by atoms with Crippen LogP contribution >= 0.6 is 11.6 Å². The molecule has 0 saturated carbocycles. The van der Waals surface area contributed by atoms with Crippen molar-refractivity contribution in [1.29, 1.82) is 0 Å². The summed E-state index contributed by atoms with van der Waals surface area (Å²) in [7, 11) is 0. The molecule has 1 heterocycles. The first-order valence-electron chi connectivity index (χ1n) is 6.16. The molecule has 0 unspecified atom stereocenters. The van der Waals surface area contributed by atoms with Gasteiger partial charge in [0.25, 0.3) is 0 Å². The lowest BCUT2D eigenvalue weighted by Gasteiger charge is -2.05. The average molecular weight is 269 g/mol. The SMILES string of the molecule is Cc1cc(CCl)nc(-c2ccc3ccccc3c2)n1. The molecule has 1 aromatic heterocycles. The van der Waals surface area contributed by atoms with Gasteiger partial charge in [-0.15, -0.1) is 11.6 Å². The first-order chi connectivity index (χ1) is 9.26. The minimum atomic E-state index is 0.407. The Morgan fingerprint density at radius 1 is 0.947 bits per heavy atom. The van der Waals surface area contributed by atoms with Crippen molar-refractivity contribution in [1.82, 2.24) is 9.97 Å². The zero-order chi connectivity index (χ0) is 13.2. The standard InChI is InChI=1S/C16H13ClN2/c1-11-8-15(10-17)19-16(18-11)14-7-6-12-4-2-3-5-13(12)9-14/h2-9H,10H2,1H3. The molecule has 0 amide bonds. The van der Waals surface area contributed by atoms with Crippen LogP contribution in [0.3, 0.4) is 0 Å². The monoisotopic (exact) mass is 268 g/mol. The summed E-state index contributed by atoms with van der Waals surface area (Å²) in [6.07, 6.45) is 0. The molecule has 0 bridgehead atoms. The Balaban J connectivity index is 2.15. The van der Waals surface area contributed by atoms with Crippen LogP contribution < -0.4 is 0 Å². The quantitative estimate of drug-likeness (QED) is 0.646. The molecule has 94 valence electrons. The lowest BCUT2D eigenvalue weighted by Crippen LogP contribution is -1.96. The van der Waals surface area contributed by atoms with E-state index in [1.807, 2.05) is 25.1 Å². The van der Waals surface area contributed by atoms with Crippen LogP contribution in [0.15, 0.2) is 48.5 Å². The van der Waals surface area contributed by atoms with Gasteiger partial charge in [-0.2, -0.15) is 0 Å². The predicted molar refractivity (Wildman–Crippen MR) is 79.3 cm³/mol. The zero-order valence-electron chi connectivity index (χ0n) is 10.6. The Morgan fingerprint density at radius 3 is 2.53 bits per heavy atom. The van der Waals surface area contributed by atoms with E-state index in [2.05, 4.69) is 40.3 Å². The van der Waals surface area contributed by atoms with E-state index in [0.717, 1.165) is 22.8 Å². The molecule has 0 radical (unpaired) electrons. The lowest BCUT2D eigenvalue weighted by atomic mass is 10.1. The number of fused-ring (bicyclic) bond motifs is 1. The highest BCUT2D eigenvalue weighted by atomic mass is 35.5. The van der Waals surface area contributed by atoms with Crippen molar-refractivity contribution in [3.63, 3.8) is 0 Å². The normalized spacial score (nSPS) is 10.8. The summed E-state index contributed by atoms with van der Waals surface area (Å²) in [5.41, 5.74) is 2.82. The molecule has 2 nitrogen and oxygen atoms in total. The van der Waals surface area contributed by atoms with E-state index in [-0.39, 0.29) is 0 Å². The van der Waals surface area contributed by atoms with E-state index in [1.54, 1.807) is 0 Å². The molecular weight excluding hydrogens is 256 g/mol. The van der Waals surface area contributed by atoms with E-state index < -0.39 is 0 Å². The van der Waals surface area contributed by atoms with E-state index >= 15 is 0 Å². The summed E-state index contributed by atoms with van der Waals surface area (Å²) in [5, 5.41) is 2.41. The van der Waals surface area contributed by atoms with Gasteiger partial charge >= 0.3 is 0 Å². The molecule has 0 aliphatic heterocycles. The van der Waals surface area contributed by atoms with Gasteiger partial charge in [0.15, 0.2) is 5.82 Å². The average Bonchev–Trinajstić information content (AvgIpc) is 2.46. The first-order valence-corrected chi connectivity index (χ1v) is 6.69. The molecule has 0 saturated heterocycles. The van der Waals surface area contributed by atoms with Crippen LogP contribution in [0.25, 0.3) is 22.2 Å². The Kier molecular flexibility index (Phi) is 3.18. The van der Waals surface area contributed by atoms with Gasteiger partial charge < -0.3 is 0 Å². The molecule has 3 rings (SSSR count). The Hall–Kier alpha value is -1.93. The van der Waals surface area contributed by atoms with Gasteiger partial charge in [0, 0.05) is 11.3 Å². The molecule has 0 atom stereocenters. The molecule has 0 aliphatic carbocycles. The maximum absolute atomic E-state index is 5.86. The Labute approximate surface area is 117 Å². The van der Waals surface area contributed by atoms with Gasteiger partial charge in [-0.3, -0.25) is 0 Å². The predicted octanol–water partition coefficient (Wildman–Crippen LogP) is 4.34. The van der Waals surface area contributed by atoms with Crippen molar-refractivity contribution in [3.8, 4) is 11.4 Å². The molecular formula is C16H13ClN2. The number of rotatable bonds is 2. The topological polar surface area (TPSA) is 25.8 Å². The molecule has 3 heteroatoms. The molecule has 2 aromatic carbocycles.